The molecule has 1 atom stereocenters. The highest BCUT2D eigenvalue weighted by atomic mass is 35.5. The second-order valence-corrected chi connectivity index (χ2v) is 11.3. The van der Waals surface area contributed by atoms with Crippen LogP contribution in [0.2, 0.25) is 5.02 Å². The molecule has 0 saturated carbocycles. The Bertz CT molecular complexity index is 1540. The topological polar surface area (TPSA) is 140 Å². The summed E-state index contributed by atoms with van der Waals surface area (Å²) in [6.07, 6.45) is 3.71. The van der Waals surface area contributed by atoms with Crippen LogP contribution in [0.5, 0.6) is 0 Å². The number of anilines is 5. The molecule has 0 aliphatic carbocycles. The molecule has 220 valence electrons. The Morgan fingerprint density at radius 1 is 1.14 bits per heavy atom. The van der Waals surface area contributed by atoms with Gasteiger partial charge in [-0.15, -0.1) is 0 Å². The van der Waals surface area contributed by atoms with Gasteiger partial charge in [0.1, 0.15) is 16.9 Å². The van der Waals surface area contributed by atoms with E-state index >= 15 is 0 Å². The van der Waals surface area contributed by atoms with Gasteiger partial charge in [0.15, 0.2) is 5.82 Å². The summed E-state index contributed by atoms with van der Waals surface area (Å²) >= 11 is 6.30. The van der Waals surface area contributed by atoms with Gasteiger partial charge in [0.25, 0.3) is 5.91 Å². The lowest BCUT2D eigenvalue weighted by Gasteiger charge is -2.28. The Hall–Kier alpha value is -4.45. The zero-order chi connectivity index (χ0) is 30.0. The van der Waals surface area contributed by atoms with Gasteiger partial charge in [0.2, 0.25) is 11.9 Å². The van der Waals surface area contributed by atoms with Crippen molar-refractivity contribution in [3.05, 3.63) is 64.6 Å². The van der Waals surface area contributed by atoms with E-state index in [1.807, 2.05) is 26.0 Å². The molecule has 2 aliphatic rings. The van der Waals surface area contributed by atoms with Crippen LogP contribution >= 0.6 is 11.6 Å². The number of amides is 4. The smallest absolute Gasteiger partial charge is 0.318 e. The molecule has 11 nitrogen and oxygen atoms in total. The number of halogens is 2. The number of hydrogen-bond donors (Lipinski definition) is 5. The Kier molecular flexibility index (Phi) is 8.17. The zero-order valence-corrected chi connectivity index (χ0v) is 24.2. The highest BCUT2D eigenvalue weighted by Gasteiger charge is 2.37. The molecular formula is C29H32ClFN8O3. The minimum absolute atomic E-state index is 0.0789. The Morgan fingerprint density at radius 2 is 1.90 bits per heavy atom. The minimum Gasteiger partial charge on any atom is -0.355 e. The van der Waals surface area contributed by atoms with E-state index in [9.17, 15) is 18.8 Å². The van der Waals surface area contributed by atoms with Crippen molar-refractivity contribution in [1.82, 2.24) is 25.5 Å². The van der Waals surface area contributed by atoms with Crippen LogP contribution < -0.4 is 26.6 Å². The Labute approximate surface area is 247 Å². The molecule has 0 spiro atoms. The highest BCUT2D eigenvalue weighted by molar-refractivity contribution is 6.33. The van der Waals surface area contributed by atoms with Crippen molar-refractivity contribution in [1.29, 1.82) is 0 Å². The van der Waals surface area contributed by atoms with Crippen molar-refractivity contribution in [2.75, 3.05) is 36.1 Å². The van der Waals surface area contributed by atoms with Gasteiger partial charge in [-0.3, -0.25) is 9.59 Å². The van der Waals surface area contributed by atoms with Gasteiger partial charge < -0.3 is 31.5 Å². The average molecular weight is 595 g/mol. The normalized spacial score (nSPS) is 17.5. The molecule has 5 rings (SSSR count). The number of nitrogens with zero attached hydrogens (tertiary/aromatic N) is 3. The molecule has 4 amide bonds. The lowest BCUT2D eigenvalue weighted by atomic mass is 9.79. The van der Waals surface area contributed by atoms with Gasteiger partial charge in [-0.2, -0.15) is 4.98 Å². The lowest BCUT2D eigenvalue weighted by molar-refractivity contribution is -0.118. The van der Waals surface area contributed by atoms with Gasteiger partial charge in [0.05, 0.1) is 17.4 Å². The summed E-state index contributed by atoms with van der Waals surface area (Å²) in [5.41, 5.74) is 1.67. The first-order chi connectivity index (χ1) is 20.1. The van der Waals surface area contributed by atoms with Gasteiger partial charge in [-0.05, 0) is 54.5 Å². The van der Waals surface area contributed by atoms with E-state index in [2.05, 4.69) is 36.6 Å². The molecule has 13 heteroatoms. The number of hydrogen-bond acceptors (Lipinski definition) is 7. The van der Waals surface area contributed by atoms with E-state index < -0.39 is 23.2 Å². The van der Waals surface area contributed by atoms with E-state index in [0.717, 1.165) is 18.4 Å². The summed E-state index contributed by atoms with van der Waals surface area (Å²) in [6, 6.07) is 8.73. The fourth-order valence-corrected chi connectivity index (χ4v) is 5.40. The second kappa shape index (κ2) is 11.8. The maximum absolute atomic E-state index is 14.7. The molecule has 0 radical (unpaired) electrons. The summed E-state index contributed by atoms with van der Waals surface area (Å²) in [4.78, 5) is 48.5. The summed E-state index contributed by atoms with van der Waals surface area (Å²) in [5, 5.41) is 14.4. The molecule has 1 fully saturated rings. The fourth-order valence-electron chi connectivity index (χ4n) is 5.26. The van der Waals surface area contributed by atoms with Gasteiger partial charge in [0, 0.05) is 31.5 Å². The molecule has 1 saturated heterocycles. The van der Waals surface area contributed by atoms with Crippen LogP contribution in [-0.2, 0) is 10.2 Å². The largest absolute Gasteiger partial charge is 0.355 e. The van der Waals surface area contributed by atoms with Crippen molar-refractivity contribution in [2.24, 2.45) is 0 Å². The first kappa shape index (κ1) is 29.1. The molecule has 42 heavy (non-hydrogen) atoms. The Morgan fingerprint density at radius 3 is 2.64 bits per heavy atom. The summed E-state index contributed by atoms with van der Waals surface area (Å²) in [7, 11) is 1.45. The number of rotatable bonds is 6. The van der Waals surface area contributed by atoms with Crippen LogP contribution in [0.4, 0.5) is 38.0 Å². The molecule has 3 heterocycles. The van der Waals surface area contributed by atoms with Crippen LogP contribution in [-0.4, -0.2) is 58.9 Å². The number of nitrogens with one attached hydrogen (secondary N) is 5. The van der Waals surface area contributed by atoms with E-state index in [4.69, 9.17) is 11.6 Å². The number of likely N-dealkylation sites (tertiary alicyclic amines) is 1. The van der Waals surface area contributed by atoms with Crippen LogP contribution in [0.25, 0.3) is 0 Å². The summed E-state index contributed by atoms with van der Waals surface area (Å²) < 4.78 is 14.7. The third kappa shape index (κ3) is 6.08. The number of carbonyl (C=O) groups excluding carboxylic acids is 3. The molecule has 3 aromatic rings. The minimum atomic E-state index is -0.691. The van der Waals surface area contributed by atoms with Gasteiger partial charge in [-0.25, -0.2) is 14.2 Å². The third-order valence-electron chi connectivity index (χ3n) is 7.46. The highest BCUT2D eigenvalue weighted by Crippen LogP contribution is 2.39. The SMILES string of the molecule is CNC(=O)c1cccc(F)c1Nc1nc(Nc2ccc3c(c2)NC(=O)[C@H](NC(=O)N2CCCC2)CC3(C)C)ncc1Cl. The number of urea groups is 1. The van der Waals surface area contributed by atoms with Crippen LogP contribution in [0.1, 0.15) is 49.0 Å². The van der Waals surface area contributed by atoms with Crippen molar-refractivity contribution >= 4 is 58.3 Å². The predicted octanol–water partition coefficient (Wildman–Crippen LogP) is 4.91. The van der Waals surface area contributed by atoms with E-state index in [1.54, 1.807) is 11.0 Å². The number of carbonyl (C=O) groups is 3. The molecule has 0 bridgehead atoms. The van der Waals surface area contributed by atoms with Crippen LogP contribution in [0, 0.1) is 5.82 Å². The summed E-state index contributed by atoms with van der Waals surface area (Å²) in [5.74, 6) is -1.19. The van der Waals surface area contributed by atoms with E-state index in [1.165, 1.54) is 31.4 Å². The molecule has 1 aromatic heterocycles. The Balaban J connectivity index is 1.36. The zero-order valence-electron chi connectivity index (χ0n) is 23.5. The monoisotopic (exact) mass is 594 g/mol. The molecule has 2 aromatic carbocycles. The van der Waals surface area contributed by atoms with Crippen LogP contribution in [0.3, 0.4) is 0 Å². The quantitative estimate of drug-likeness (QED) is 0.273. The molecule has 2 aliphatic heterocycles. The standard InChI is InChI=1S/C29H32ClFN8O3/c1-29(2)14-22(36-28(42)39-11-4-5-12-39)26(41)35-21-13-16(9-10-18(21)29)34-27-33-15-19(30)24(38-27)37-23-17(25(40)32-3)7-6-8-20(23)31/h6-10,13,15,22H,4-5,11-12,14H2,1-3H3,(H,32,40)(H,35,41)(H,36,42)(H2,33,34,37,38)/t22-/m1/s1. The first-order valence-electron chi connectivity index (χ1n) is 13.6. The van der Waals surface area contributed by atoms with Crippen molar-refractivity contribution in [3.63, 3.8) is 0 Å². The second-order valence-electron chi connectivity index (χ2n) is 10.9. The van der Waals surface area contributed by atoms with Crippen molar-refractivity contribution in [2.45, 2.75) is 44.6 Å². The maximum atomic E-state index is 14.7. The van der Waals surface area contributed by atoms with Gasteiger partial charge >= 0.3 is 6.03 Å². The van der Waals surface area contributed by atoms with Crippen molar-refractivity contribution < 1.29 is 18.8 Å². The van der Waals surface area contributed by atoms with E-state index in [0.29, 0.717) is 30.9 Å². The predicted molar refractivity (Wildman–Crippen MR) is 159 cm³/mol. The number of fused-ring (bicyclic) bond motifs is 1. The molecular weight excluding hydrogens is 563 g/mol. The third-order valence-corrected chi connectivity index (χ3v) is 7.73. The lowest BCUT2D eigenvalue weighted by Crippen LogP contribution is -2.49. The molecule has 5 N–H and O–H groups in total. The van der Waals surface area contributed by atoms with E-state index in [-0.39, 0.29) is 40.0 Å². The number of para-hydroxylation sites is 1. The number of benzene rings is 2. The van der Waals surface area contributed by atoms with Crippen LogP contribution in [0.15, 0.2) is 42.6 Å². The van der Waals surface area contributed by atoms with Gasteiger partial charge in [-0.1, -0.05) is 37.6 Å². The fraction of sp³-hybridized carbons (Fsp3) is 0.345. The number of aromatic nitrogens is 2. The van der Waals surface area contributed by atoms with Crippen molar-refractivity contribution in [3.8, 4) is 0 Å². The summed E-state index contributed by atoms with van der Waals surface area (Å²) in [6.45, 7) is 5.45. The average Bonchev–Trinajstić information content (AvgIpc) is 3.47. The molecule has 0 unspecified atom stereocenters. The first-order valence-corrected chi connectivity index (χ1v) is 14.0. The maximum Gasteiger partial charge on any atom is 0.318 e.